The van der Waals surface area contributed by atoms with Gasteiger partial charge in [0.05, 0.1) is 5.75 Å². The summed E-state index contributed by atoms with van der Waals surface area (Å²) in [4.78, 5) is 13.8. The number of alkyl halides is 1. The first-order valence-corrected chi connectivity index (χ1v) is 7.06. The molecule has 1 saturated carbocycles. The van der Waals surface area contributed by atoms with E-state index >= 15 is 0 Å². The van der Waals surface area contributed by atoms with Crippen LogP contribution in [0.25, 0.3) is 0 Å². The molecule has 1 fully saturated rings. The molecule has 2 nitrogen and oxygen atoms in total. The van der Waals surface area contributed by atoms with Crippen LogP contribution in [0.15, 0.2) is 0 Å². The maximum absolute atomic E-state index is 11.7. The van der Waals surface area contributed by atoms with Gasteiger partial charge in [0, 0.05) is 18.5 Å². The summed E-state index contributed by atoms with van der Waals surface area (Å²) in [5.41, 5.74) is 0. The molecule has 1 aliphatic carbocycles. The van der Waals surface area contributed by atoms with Crippen molar-refractivity contribution in [2.75, 3.05) is 24.4 Å². The highest BCUT2D eigenvalue weighted by atomic mass is 35.5. The number of hydrogen-bond donors (Lipinski definition) is 0. The molecular weight excluding hydrogens is 218 g/mol. The summed E-state index contributed by atoms with van der Waals surface area (Å²) in [6.45, 7) is 0.841. The molecule has 0 atom stereocenters. The zero-order valence-electron chi connectivity index (χ0n) is 8.67. The van der Waals surface area contributed by atoms with Crippen LogP contribution < -0.4 is 0 Å². The Morgan fingerprint density at radius 3 is 2.71 bits per heavy atom. The summed E-state index contributed by atoms with van der Waals surface area (Å²) >= 11 is 7.25. The Morgan fingerprint density at radius 1 is 1.57 bits per heavy atom. The van der Waals surface area contributed by atoms with Crippen molar-refractivity contribution < 1.29 is 4.79 Å². The van der Waals surface area contributed by atoms with Crippen molar-refractivity contribution in [1.82, 2.24) is 4.90 Å². The van der Waals surface area contributed by atoms with Crippen LogP contribution in [-0.4, -0.2) is 41.3 Å². The van der Waals surface area contributed by atoms with Gasteiger partial charge in [0.15, 0.2) is 0 Å². The first kappa shape index (κ1) is 12.2. The predicted octanol–water partition coefficient (Wildman–Crippen LogP) is 2.36. The normalized spacial score (nSPS) is 16.4. The van der Waals surface area contributed by atoms with Crippen LogP contribution in [0.5, 0.6) is 0 Å². The number of carbonyl (C=O) groups excluding carboxylic acids is 1. The lowest BCUT2D eigenvalue weighted by Crippen LogP contribution is -2.45. The summed E-state index contributed by atoms with van der Waals surface area (Å²) in [7, 11) is 0. The Morgan fingerprint density at radius 2 is 2.29 bits per heavy atom. The fourth-order valence-electron chi connectivity index (χ4n) is 1.65. The highest BCUT2D eigenvalue weighted by molar-refractivity contribution is 7.99. The van der Waals surface area contributed by atoms with E-state index in [0.717, 1.165) is 13.0 Å². The van der Waals surface area contributed by atoms with E-state index in [2.05, 4.69) is 0 Å². The van der Waals surface area contributed by atoms with Crippen molar-refractivity contribution in [2.45, 2.75) is 31.7 Å². The smallest absolute Gasteiger partial charge is 0.232 e. The monoisotopic (exact) mass is 235 g/mol. The van der Waals surface area contributed by atoms with Crippen molar-refractivity contribution in [3.8, 4) is 0 Å². The van der Waals surface area contributed by atoms with Gasteiger partial charge in [0.25, 0.3) is 0 Å². The number of amides is 1. The minimum atomic E-state index is 0.285. The highest BCUT2D eigenvalue weighted by Gasteiger charge is 2.27. The van der Waals surface area contributed by atoms with Crippen LogP contribution in [0.2, 0.25) is 0 Å². The molecule has 0 aromatic carbocycles. The minimum absolute atomic E-state index is 0.285. The van der Waals surface area contributed by atoms with Crippen LogP contribution in [0.3, 0.4) is 0 Å². The van der Waals surface area contributed by atoms with Gasteiger partial charge >= 0.3 is 0 Å². The van der Waals surface area contributed by atoms with Crippen LogP contribution in [0.1, 0.15) is 25.7 Å². The Bertz CT molecular complexity index is 185. The molecule has 0 heterocycles. The van der Waals surface area contributed by atoms with Gasteiger partial charge in [-0.25, -0.2) is 0 Å². The third kappa shape index (κ3) is 3.35. The van der Waals surface area contributed by atoms with Gasteiger partial charge in [-0.15, -0.1) is 11.6 Å². The van der Waals surface area contributed by atoms with Gasteiger partial charge < -0.3 is 4.90 Å². The largest absolute Gasteiger partial charge is 0.339 e. The quantitative estimate of drug-likeness (QED) is 0.659. The molecule has 4 heteroatoms. The molecule has 0 saturated heterocycles. The Labute approximate surface area is 95.4 Å². The Hall–Kier alpha value is 0.110. The van der Waals surface area contributed by atoms with E-state index in [1.165, 1.54) is 19.3 Å². The second kappa shape index (κ2) is 6.57. The maximum Gasteiger partial charge on any atom is 0.232 e. The third-order valence-electron chi connectivity index (χ3n) is 2.64. The first-order chi connectivity index (χ1) is 6.79. The van der Waals surface area contributed by atoms with E-state index in [9.17, 15) is 4.79 Å². The second-order valence-electron chi connectivity index (χ2n) is 3.65. The lowest BCUT2D eigenvalue weighted by molar-refractivity contribution is -0.132. The van der Waals surface area contributed by atoms with Crippen LogP contribution in [-0.2, 0) is 4.79 Å². The van der Waals surface area contributed by atoms with Gasteiger partial charge in [0.1, 0.15) is 0 Å². The first-order valence-electron chi connectivity index (χ1n) is 5.14. The van der Waals surface area contributed by atoms with Gasteiger partial charge in [-0.2, -0.15) is 11.8 Å². The van der Waals surface area contributed by atoms with E-state index < -0.39 is 0 Å². The van der Waals surface area contributed by atoms with Gasteiger partial charge in [-0.05, 0) is 31.9 Å². The molecule has 0 radical (unpaired) electrons. The molecule has 1 rings (SSSR count). The molecule has 0 unspecified atom stereocenters. The third-order valence-corrected chi connectivity index (χ3v) is 3.44. The van der Waals surface area contributed by atoms with Crippen LogP contribution in [0, 0.1) is 0 Å². The van der Waals surface area contributed by atoms with E-state index in [1.807, 2.05) is 11.2 Å². The number of hydrogen-bond acceptors (Lipinski definition) is 2. The average molecular weight is 236 g/mol. The molecule has 0 N–H and O–H groups in total. The van der Waals surface area contributed by atoms with Crippen LogP contribution in [0.4, 0.5) is 0 Å². The molecule has 0 spiro atoms. The Kier molecular flexibility index (Phi) is 5.71. The topological polar surface area (TPSA) is 20.3 Å². The van der Waals surface area contributed by atoms with Gasteiger partial charge in [-0.1, -0.05) is 0 Å². The average Bonchev–Trinajstić information content (AvgIpc) is 2.09. The van der Waals surface area contributed by atoms with Crippen molar-refractivity contribution in [1.29, 1.82) is 0 Å². The fraction of sp³-hybridized carbons (Fsp3) is 0.900. The maximum atomic E-state index is 11.7. The summed E-state index contributed by atoms with van der Waals surface area (Å²) in [6.07, 6.45) is 6.52. The molecule has 82 valence electrons. The SMILES string of the molecule is CSCC(=O)N(CCCCl)C1CCC1. The summed E-state index contributed by atoms with van der Waals surface area (Å²) < 4.78 is 0. The molecule has 14 heavy (non-hydrogen) atoms. The minimum Gasteiger partial charge on any atom is -0.339 e. The van der Waals surface area contributed by atoms with E-state index in [-0.39, 0.29) is 5.91 Å². The molecular formula is C10H18ClNOS. The molecule has 0 aromatic rings. The van der Waals surface area contributed by atoms with Gasteiger partial charge in [0.2, 0.25) is 5.91 Å². The highest BCUT2D eigenvalue weighted by Crippen LogP contribution is 2.25. The number of rotatable bonds is 6. The molecule has 1 aliphatic rings. The second-order valence-corrected chi connectivity index (χ2v) is 4.89. The zero-order valence-corrected chi connectivity index (χ0v) is 10.2. The number of halogens is 1. The van der Waals surface area contributed by atoms with Crippen molar-refractivity contribution in [3.05, 3.63) is 0 Å². The molecule has 0 aromatic heterocycles. The van der Waals surface area contributed by atoms with E-state index in [0.29, 0.717) is 17.7 Å². The number of thioether (sulfide) groups is 1. The van der Waals surface area contributed by atoms with Crippen molar-refractivity contribution in [3.63, 3.8) is 0 Å². The number of nitrogens with zero attached hydrogens (tertiary/aromatic N) is 1. The zero-order chi connectivity index (χ0) is 10.4. The molecule has 0 bridgehead atoms. The summed E-state index contributed by atoms with van der Waals surface area (Å²) in [5, 5.41) is 0. The Balaban J connectivity index is 2.38. The lowest BCUT2D eigenvalue weighted by Gasteiger charge is -2.37. The summed E-state index contributed by atoms with van der Waals surface area (Å²) in [6, 6.07) is 0.512. The standard InChI is InChI=1S/C10H18ClNOS/c1-14-8-10(13)12(7-3-6-11)9-4-2-5-9/h9H,2-8H2,1H3. The molecule has 0 aliphatic heterocycles. The lowest BCUT2D eigenvalue weighted by atomic mass is 9.91. The van der Waals surface area contributed by atoms with Crippen molar-refractivity contribution in [2.24, 2.45) is 0 Å². The van der Waals surface area contributed by atoms with Crippen LogP contribution >= 0.6 is 23.4 Å². The van der Waals surface area contributed by atoms with E-state index in [4.69, 9.17) is 11.6 Å². The molecule has 1 amide bonds. The van der Waals surface area contributed by atoms with Crippen molar-refractivity contribution >= 4 is 29.3 Å². The number of carbonyl (C=O) groups is 1. The van der Waals surface area contributed by atoms with Gasteiger partial charge in [-0.3, -0.25) is 4.79 Å². The van der Waals surface area contributed by atoms with E-state index in [1.54, 1.807) is 11.8 Å². The summed E-state index contributed by atoms with van der Waals surface area (Å²) in [5.74, 6) is 1.54. The predicted molar refractivity (Wildman–Crippen MR) is 63.1 cm³/mol. The fourth-order valence-corrected chi connectivity index (χ4v) is 2.18.